The van der Waals surface area contributed by atoms with Gasteiger partial charge in [0.05, 0.1) is 0 Å². The molecule has 0 radical (unpaired) electrons. The van der Waals surface area contributed by atoms with Crippen molar-refractivity contribution < 1.29 is 4.79 Å². The lowest BCUT2D eigenvalue weighted by molar-refractivity contribution is 0.0977. The van der Waals surface area contributed by atoms with Crippen molar-refractivity contribution in [2.24, 2.45) is 0 Å². The Hall–Kier alpha value is -2.44. The van der Waals surface area contributed by atoms with Gasteiger partial charge in [0.2, 0.25) is 4.96 Å². The first kappa shape index (κ1) is 18.9. The van der Waals surface area contributed by atoms with E-state index in [1.165, 1.54) is 11.3 Å². The summed E-state index contributed by atoms with van der Waals surface area (Å²) in [6.07, 6.45) is 0. The van der Waals surface area contributed by atoms with Crippen LogP contribution < -0.4 is 10.6 Å². The van der Waals surface area contributed by atoms with Gasteiger partial charge in [-0.05, 0) is 90.3 Å². The molecule has 0 unspecified atom stereocenters. The number of fused-ring (bicyclic) bond motifs is 1. The molecule has 0 aliphatic heterocycles. The quantitative estimate of drug-likeness (QED) is 0.315. The molecular weight excluding hydrogens is 507 g/mol. The molecule has 2 aromatic carbocycles. The Labute approximate surface area is 183 Å². The van der Waals surface area contributed by atoms with E-state index in [2.05, 4.69) is 48.5 Å². The third-order valence-electron chi connectivity index (χ3n) is 3.87. The molecule has 1 amide bonds. The van der Waals surface area contributed by atoms with Gasteiger partial charge in [-0.25, -0.2) is 0 Å². The van der Waals surface area contributed by atoms with Gasteiger partial charge >= 0.3 is 0 Å². The van der Waals surface area contributed by atoms with Crippen LogP contribution in [-0.2, 0) is 0 Å². The molecule has 0 saturated heterocycles. The predicted molar refractivity (Wildman–Crippen MR) is 122 cm³/mol. The van der Waals surface area contributed by atoms with Gasteiger partial charge in [0, 0.05) is 20.4 Å². The molecule has 4 aromatic rings. The van der Waals surface area contributed by atoms with Crippen LogP contribution in [0.4, 0.5) is 5.69 Å². The summed E-state index contributed by atoms with van der Waals surface area (Å²) in [5.74, 6) is 0.505. The number of rotatable bonds is 3. The zero-order valence-electron chi connectivity index (χ0n) is 14.5. The van der Waals surface area contributed by atoms with E-state index in [1.54, 1.807) is 16.6 Å². The van der Waals surface area contributed by atoms with Gasteiger partial charge < -0.3 is 5.32 Å². The summed E-state index contributed by atoms with van der Waals surface area (Å²) in [6, 6.07) is 14.9. The highest BCUT2D eigenvalue weighted by molar-refractivity contribution is 14.1. The molecule has 0 spiro atoms. The maximum absolute atomic E-state index is 12.2. The van der Waals surface area contributed by atoms with Crippen molar-refractivity contribution in [2.75, 3.05) is 5.32 Å². The van der Waals surface area contributed by atoms with Crippen molar-refractivity contribution in [3.63, 3.8) is 0 Å². The van der Waals surface area contributed by atoms with Gasteiger partial charge in [-0.1, -0.05) is 11.3 Å². The molecule has 0 fully saturated rings. The number of anilines is 1. The molecule has 2 heterocycles. The number of carbonyl (C=O) groups is 1. The zero-order chi connectivity index (χ0) is 19.7. The number of nitrogens with zero attached hydrogens (tertiary/aromatic N) is 4. The first-order valence-corrected chi connectivity index (χ1v) is 10.5. The Bertz CT molecular complexity index is 1170. The number of aromatic nitrogens is 4. The fourth-order valence-electron chi connectivity index (χ4n) is 2.47. The summed E-state index contributed by atoms with van der Waals surface area (Å²) in [4.78, 5) is 13.0. The van der Waals surface area contributed by atoms with Crippen LogP contribution in [0.3, 0.4) is 0 Å². The third-order valence-corrected chi connectivity index (χ3v) is 5.74. The van der Waals surface area contributed by atoms with Gasteiger partial charge in [-0.3, -0.25) is 10.1 Å². The number of aryl methyl sites for hydroxylation is 1. The smallest absolute Gasteiger partial charge is 0.257 e. The van der Waals surface area contributed by atoms with Crippen molar-refractivity contribution in [2.45, 2.75) is 6.92 Å². The largest absolute Gasteiger partial charge is 0.332 e. The summed E-state index contributed by atoms with van der Waals surface area (Å²) < 4.78 is 2.79. The lowest BCUT2D eigenvalue weighted by Crippen LogP contribution is -2.34. The number of amides is 1. The number of thiocarbonyl (C=S) groups is 1. The third kappa shape index (κ3) is 4.03. The number of carbonyl (C=O) groups excluding carboxylic acids is 1. The summed E-state index contributed by atoms with van der Waals surface area (Å²) >= 11 is 8.90. The molecular formula is C18H13IN6OS2. The predicted octanol–water partition coefficient (Wildman–Crippen LogP) is 3.89. The second-order valence-corrected chi connectivity index (χ2v) is 8.45. The average molecular weight is 520 g/mol. The van der Waals surface area contributed by atoms with Gasteiger partial charge in [0.1, 0.15) is 5.01 Å². The molecule has 28 heavy (non-hydrogen) atoms. The van der Waals surface area contributed by atoms with Crippen LogP contribution in [0.25, 0.3) is 15.5 Å². The Morgan fingerprint density at radius 3 is 2.50 bits per heavy atom. The van der Waals surface area contributed by atoms with E-state index >= 15 is 0 Å². The summed E-state index contributed by atoms with van der Waals surface area (Å²) in [7, 11) is 0. The minimum absolute atomic E-state index is 0.241. The molecule has 4 rings (SSSR count). The van der Waals surface area contributed by atoms with Crippen LogP contribution in [-0.4, -0.2) is 30.8 Å². The Morgan fingerprint density at radius 1 is 1.11 bits per heavy atom. The summed E-state index contributed by atoms with van der Waals surface area (Å²) in [5, 5.41) is 19.4. The maximum atomic E-state index is 12.2. The van der Waals surface area contributed by atoms with Gasteiger partial charge in [-0.15, -0.1) is 10.2 Å². The number of hydrogen-bond acceptors (Lipinski definition) is 6. The van der Waals surface area contributed by atoms with Crippen LogP contribution in [0.1, 0.15) is 16.2 Å². The zero-order valence-corrected chi connectivity index (χ0v) is 18.3. The summed E-state index contributed by atoms with van der Waals surface area (Å²) in [6.45, 7) is 1.86. The van der Waals surface area contributed by atoms with E-state index in [4.69, 9.17) is 12.2 Å². The van der Waals surface area contributed by atoms with Crippen molar-refractivity contribution in [1.29, 1.82) is 0 Å². The second-order valence-electron chi connectivity index (χ2n) is 5.84. The number of halogens is 1. The van der Waals surface area contributed by atoms with E-state index < -0.39 is 0 Å². The van der Waals surface area contributed by atoms with Crippen molar-refractivity contribution >= 4 is 67.8 Å². The number of nitrogens with one attached hydrogen (secondary N) is 2. The van der Waals surface area contributed by atoms with Gasteiger partial charge in [0.25, 0.3) is 5.91 Å². The number of benzene rings is 2. The molecule has 2 aromatic heterocycles. The van der Waals surface area contributed by atoms with Crippen LogP contribution in [0.2, 0.25) is 0 Å². The Kier molecular flexibility index (Phi) is 5.33. The maximum Gasteiger partial charge on any atom is 0.257 e. The molecule has 140 valence electrons. The molecule has 0 aliphatic rings. The molecule has 10 heteroatoms. The van der Waals surface area contributed by atoms with E-state index in [1.807, 2.05) is 43.3 Å². The van der Waals surface area contributed by atoms with Crippen molar-refractivity contribution in [1.82, 2.24) is 25.1 Å². The molecule has 0 atom stereocenters. The summed E-state index contributed by atoms with van der Waals surface area (Å²) in [5.41, 5.74) is 2.30. The standard InChI is InChI=1S/C18H13IN6OS2/c1-10-22-23-18-25(10)24-16(28-18)12-4-8-14(9-5-12)20-17(27)21-15(26)11-2-6-13(19)7-3-11/h2-9H,1H3,(H2,20,21,26,27). The van der Waals surface area contributed by atoms with E-state index in [9.17, 15) is 4.79 Å². The molecule has 0 aliphatic carbocycles. The van der Waals surface area contributed by atoms with E-state index in [-0.39, 0.29) is 11.0 Å². The lowest BCUT2D eigenvalue weighted by atomic mass is 10.2. The molecule has 0 saturated carbocycles. The lowest BCUT2D eigenvalue weighted by Gasteiger charge is -2.10. The molecule has 7 nitrogen and oxygen atoms in total. The highest BCUT2D eigenvalue weighted by atomic mass is 127. The van der Waals surface area contributed by atoms with Gasteiger partial charge in [0.15, 0.2) is 10.9 Å². The van der Waals surface area contributed by atoms with Crippen molar-refractivity contribution in [3.05, 3.63) is 63.5 Å². The first-order valence-electron chi connectivity index (χ1n) is 8.17. The molecule has 2 N–H and O–H groups in total. The van der Waals surface area contributed by atoms with Crippen LogP contribution in [0, 0.1) is 10.5 Å². The fourth-order valence-corrected chi connectivity index (χ4v) is 3.93. The van der Waals surface area contributed by atoms with Gasteiger partial charge in [-0.2, -0.15) is 9.61 Å². The monoisotopic (exact) mass is 520 g/mol. The first-order chi connectivity index (χ1) is 13.5. The highest BCUT2D eigenvalue weighted by Gasteiger charge is 2.11. The topological polar surface area (TPSA) is 84.2 Å². The fraction of sp³-hybridized carbons (Fsp3) is 0.0556. The SMILES string of the molecule is Cc1nnc2sc(-c3ccc(NC(=S)NC(=O)c4ccc(I)cc4)cc3)nn12. The van der Waals surface area contributed by atoms with Crippen LogP contribution in [0.5, 0.6) is 0 Å². The normalized spacial score (nSPS) is 10.8. The minimum Gasteiger partial charge on any atom is -0.332 e. The van der Waals surface area contributed by atoms with Crippen LogP contribution >= 0.6 is 46.1 Å². The number of hydrogen-bond donors (Lipinski definition) is 2. The Balaban J connectivity index is 1.41. The molecule has 0 bridgehead atoms. The van der Waals surface area contributed by atoms with E-state index in [0.29, 0.717) is 5.56 Å². The Morgan fingerprint density at radius 2 is 1.82 bits per heavy atom. The van der Waals surface area contributed by atoms with Crippen LogP contribution in [0.15, 0.2) is 48.5 Å². The van der Waals surface area contributed by atoms with E-state index in [0.717, 1.165) is 30.6 Å². The second kappa shape index (κ2) is 7.89. The van der Waals surface area contributed by atoms with Crippen molar-refractivity contribution in [3.8, 4) is 10.6 Å². The average Bonchev–Trinajstić information content (AvgIpc) is 3.25. The highest BCUT2D eigenvalue weighted by Crippen LogP contribution is 2.26. The minimum atomic E-state index is -0.249.